The number of hydrogen-bond acceptors (Lipinski definition) is 10. The number of carbonyl (C=O) groups excluding carboxylic acids is 1. The molecular weight excluding hydrogens is 588 g/mol. The van der Waals surface area contributed by atoms with Crippen LogP contribution in [0.3, 0.4) is 0 Å². The van der Waals surface area contributed by atoms with Crippen molar-refractivity contribution in [2.24, 2.45) is 5.92 Å². The van der Waals surface area contributed by atoms with Gasteiger partial charge in [-0.1, -0.05) is 32.9 Å². The average Bonchev–Trinajstić information content (AvgIpc) is 3.27. The van der Waals surface area contributed by atoms with Crippen LogP contribution >= 0.6 is 0 Å². The zero-order chi connectivity index (χ0) is 32.6. The van der Waals surface area contributed by atoms with E-state index in [0.29, 0.717) is 24.1 Å². The summed E-state index contributed by atoms with van der Waals surface area (Å²) in [5.74, 6) is 1.27. The van der Waals surface area contributed by atoms with Crippen LogP contribution in [-0.4, -0.2) is 73.4 Å². The minimum Gasteiger partial charge on any atom is -0.369 e. The van der Waals surface area contributed by atoms with E-state index < -0.39 is 15.9 Å². The van der Waals surface area contributed by atoms with Crippen molar-refractivity contribution < 1.29 is 13.2 Å². The molecule has 2 aliphatic rings. The highest BCUT2D eigenvalue weighted by Gasteiger charge is 2.41. The van der Waals surface area contributed by atoms with Gasteiger partial charge in [0.2, 0.25) is 0 Å². The van der Waals surface area contributed by atoms with Gasteiger partial charge in [-0.25, -0.2) is 19.7 Å². The van der Waals surface area contributed by atoms with Crippen molar-refractivity contribution in [3.05, 3.63) is 65.5 Å². The maximum atomic E-state index is 13.7. The fourth-order valence-corrected chi connectivity index (χ4v) is 7.04. The van der Waals surface area contributed by atoms with Crippen LogP contribution in [0.1, 0.15) is 81.7 Å². The molecule has 0 spiro atoms. The first-order valence-electron chi connectivity index (χ1n) is 15.6. The van der Waals surface area contributed by atoms with Gasteiger partial charge in [-0.05, 0) is 89.5 Å². The molecule has 1 saturated heterocycles. The summed E-state index contributed by atoms with van der Waals surface area (Å²) in [6, 6.07) is 14.0. The van der Waals surface area contributed by atoms with E-state index in [-0.39, 0.29) is 27.6 Å². The Hall–Kier alpha value is -3.77. The third-order valence-corrected chi connectivity index (χ3v) is 9.74. The highest BCUT2D eigenvalue weighted by atomic mass is 32.2. The second kappa shape index (κ2) is 12.6. The molecule has 242 valence electrons. The summed E-state index contributed by atoms with van der Waals surface area (Å²) in [6.07, 6.45) is 2.53. The molecule has 2 atom stereocenters. The van der Waals surface area contributed by atoms with Crippen LogP contribution in [0, 0.1) is 5.92 Å². The van der Waals surface area contributed by atoms with E-state index in [2.05, 4.69) is 64.8 Å². The number of rotatable bonds is 5. The lowest BCUT2D eigenvalue weighted by Gasteiger charge is -2.34. The van der Waals surface area contributed by atoms with E-state index >= 15 is 0 Å². The molecule has 11 nitrogen and oxygen atoms in total. The number of amides is 1. The number of likely N-dealkylation sites (N-methyl/N-ethyl adjacent to an activating group) is 1. The molecular formula is C33H46N8O3S. The Balaban J connectivity index is 1.56. The van der Waals surface area contributed by atoms with E-state index in [1.807, 2.05) is 38.4 Å². The second-order valence-electron chi connectivity index (χ2n) is 14.1. The van der Waals surface area contributed by atoms with Crippen molar-refractivity contribution in [2.75, 3.05) is 49.3 Å². The van der Waals surface area contributed by atoms with Crippen molar-refractivity contribution >= 4 is 33.4 Å². The van der Waals surface area contributed by atoms with Gasteiger partial charge in [-0.2, -0.15) is 8.42 Å². The lowest BCUT2D eigenvalue weighted by atomic mass is 9.90. The number of carbonyl (C=O) groups is 1. The quantitative estimate of drug-likeness (QED) is 0.359. The molecule has 1 amide bonds. The van der Waals surface area contributed by atoms with Gasteiger partial charge in [0.15, 0.2) is 5.03 Å². The molecule has 3 aromatic rings. The first-order chi connectivity index (χ1) is 21.1. The first-order valence-corrected chi connectivity index (χ1v) is 17.1. The molecule has 3 aromatic heterocycles. The predicted molar refractivity (Wildman–Crippen MR) is 178 cm³/mol. The largest absolute Gasteiger partial charge is 0.369 e. The summed E-state index contributed by atoms with van der Waals surface area (Å²) in [5.41, 5.74) is 1.34. The molecule has 5 heterocycles. The minimum atomic E-state index is -4.29. The molecule has 4 bridgehead atoms. The Morgan fingerprint density at radius 3 is 2.51 bits per heavy atom. The molecule has 5 rings (SSSR count). The highest BCUT2D eigenvalue weighted by molar-refractivity contribution is 7.90. The summed E-state index contributed by atoms with van der Waals surface area (Å²) in [7, 11) is -0.224. The van der Waals surface area contributed by atoms with E-state index in [1.54, 1.807) is 18.2 Å². The van der Waals surface area contributed by atoms with E-state index in [4.69, 9.17) is 9.97 Å². The number of sulfonamides is 1. The number of hydrogen-bond donors (Lipinski definition) is 3. The molecule has 0 radical (unpaired) electrons. The van der Waals surface area contributed by atoms with Crippen molar-refractivity contribution in [1.82, 2.24) is 24.6 Å². The number of fused-ring (bicyclic) bond motifs is 6. The SMILES string of the molecule is CN(C)CCNc1cccc([C@H]2CC[C@@H]3CN(c4nc(C(C)(C)C)ccc4C(=O)NS(=O)(=O)c4cccc(n4)N2)C(C)(C)C3)n1. The van der Waals surface area contributed by atoms with Gasteiger partial charge >= 0.3 is 0 Å². The van der Waals surface area contributed by atoms with Gasteiger partial charge in [0, 0.05) is 36.3 Å². The first kappa shape index (κ1) is 32.6. The van der Waals surface area contributed by atoms with E-state index in [1.165, 1.54) is 6.07 Å². The molecule has 0 aliphatic carbocycles. The number of nitrogens with one attached hydrogen (secondary N) is 3. The Morgan fingerprint density at radius 1 is 1.02 bits per heavy atom. The lowest BCUT2D eigenvalue weighted by molar-refractivity contribution is 0.0981. The van der Waals surface area contributed by atoms with Crippen LogP contribution < -0.4 is 20.3 Å². The zero-order valence-electron chi connectivity index (χ0n) is 27.4. The molecule has 0 saturated carbocycles. The monoisotopic (exact) mass is 634 g/mol. The maximum Gasteiger partial charge on any atom is 0.281 e. The van der Waals surface area contributed by atoms with Gasteiger partial charge in [0.25, 0.3) is 15.9 Å². The van der Waals surface area contributed by atoms with Gasteiger partial charge in [0.1, 0.15) is 17.5 Å². The van der Waals surface area contributed by atoms with Crippen molar-refractivity contribution in [3.8, 4) is 0 Å². The number of nitrogens with zero attached hydrogens (tertiary/aromatic N) is 5. The summed E-state index contributed by atoms with van der Waals surface area (Å²) >= 11 is 0. The molecule has 12 heteroatoms. The number of pyridine rings is 3. The Labute approximate surface area is 267 Å². The van der Waals surface area contributed by atoms with Crippen molar-refractivity contribution in [1.29, 1.82) is 0 Å². The Bertz CT molecular complexity index is 1650. The number of anilines is 3. The summed E-state index contributed by atoms with van der Waals surface area (Å²) < 4.78 is 29.3. The third-order valence-electron chi connectivity index (χ3n) is 8.51. The fourth-order valence-electron chi connectivity index (χ4n) is 6.10. The Kier molecular flexibility index (Phi) is 9.10. The second-order valence-corrected chi connectivity index (χ2v) is 15.7. The predicted octanol–water partition coefficient (Wildman–Crippen LogP) is 4.81. The van der Waals surface area contributed by atoms with Crippen molar-refractivity contribution in [3.63, 3.8) is 0 Å². The van der Waals surface area contributed by atoms with Crippen LogP contribution in [0.2, 0.25) is 0 Å². The third kappa shape index (κ3) is 7.55. The van der Waals surface area contributed by atoms with Crippen LogP contribution in [0.15, 0.2) is 53.6 Å². The average molecular weight is 635 g/mol. The topological polar surface area (TPSA) is 132 Å². The maximum absolute atomic E-state index is 13.7. The van der Waals surface area contributed by atoms with Crippen LogP contribution in [0.25, 0.3) is 0 Å². The molecule has 2 aliphatic heterocycles. The normalized spacial score (nSPS) is 21.2. The standard InChI is InChI=1S/C33H46N8O3S/c1-32(2,3)26-17-15-23-30(37-26)41-21-22(20-33(41,4)5)14-16-25(24-10-8-11-27(35-24)34-18-19-40(6)7)36-28-12-9-13-29(38-28)45(43,44)39-31(23)42/h8-13,15,17,22,25H,14,16,18-21H2,1-7H3,(H,34,35)(H,36,38)(H,39,42)/t22-,25+/m0/s1. The molecule has 1 fully saturated rings. The molecule has 0 unspecified atom stereocenters. The Morgan fingerprint density at radius 2 is 1.78 bits per heavy atom. The van der Waals surface area contributed by atoms with E-state index in [0.717, 1.165) is 49.6 Å². The fraction of sp³-hybridized carbons (Fsp3) is 0.515. The number of aromatic nitrogens is 3. The summed E-state index contributed by atoms with van der Waals surface area (Å²) in [5, 5.41) is 6.62. The van der Waals surface area contributed by atoms with Gasteiger partial charge in [0.05, 0.1) is 17.3 Å². The van der Waals surface area contributed by atoms with Gasteiger partial charge in [-0.3, -0.25) is 4.79 Å². The summed E-state index contributed by atoms with van der Waals surface area (Å²) in [4.78, 5) is 32.3. The van der Waals surface area contributed by atoms with Crippen LogP contribution in [0.4, 0.5) is 17.5 Å². The highest BCUT2D eigenvalue weighted by Crippen LogP contribution is 2.41. The smallest absolute Gasteiger partial charge is 0.281 e. The molecule has 0 aromatic carbocycles. The van der Waals surface area contributed by atoms with Crippen molar-refractivity contribution in [2.45, 2.75) is 75.9 Å². The minimum absolute atomic E-state index is 0.221. The van der Waals surface area contributed by atoms with Gasteiger partial charge in [-0.15, -0.1) is 0 Å². The van der Waals surface area contributed by atoms with Crippen LogP contribution in [0.5, 0.6) is 0 Å². The van der Waals surface area contributed by atoms with Gasteiger partial charge < -0.3 is 20.4 Å². The van der Waals surface area contributed by atoms with E-state index in [9.17, 15) is 13.2 Å². The zero-order valence-corrected chi connectivity index (χ0v) is 28.2. The van der Waals surface area contributed by atoms with Crippen LogP contribution in [-0.2, 0) is 15.4 Å². The lowest BCUT2D eigenvalue weighted by Crippen LogP contribution is -2.41. The molecule has 45 heavy (non-hydrogen) atoms. The summed E-state index contributed by atoms with van der Waals surface area (Å²) in [6.45, 7) is 12.9. The molecule has 3 N–H and O–H groups in total.